The van der Waals surface area contributed by atoms with Crippen molar-refractivity contribution in [3.05, 3.63) is 142 Å². The van der Waals surface area contributed by atoms with Gasteiger partial charge in [0.2, 0.25) is 0 Å². The molecule has 1 aliphatic rings. The molecule has 1 atom stereocenters. The lowest BCUT2D eigenvalue weighted by atomic mass is 9.95. The summed E-state index contributed by atoms with van der Waals surface area (Å²) < 4.78 is 6.82. The zero-order valence-corrected chi connectivity index (χ0v) is 23.2. The van der Waals surface area contributed by atoms with Gasteiger partial charge in [-0.25, -0.2) is 4.98 Å². The van der Waals surface area contributed by atoms with E-state index in [4.69, 9.17) is 16.3 Å². The summed E-state index contributed by atoms with van der Waals surface area (Å²) in [5.41, 5.74) is 3.05. The smallest absolute Gasteiger partial charge is 0.296 e. The van der Waals surface area contributed by atoms with E-state index in [0.717, 1.165) is 15.8 Å². The van der Waals surface area contributed by atoms with Crippen molar-refractivity contribution < 1.29 is 19.4 Å². The van der Waals surface area contributed by atoms with Crippen LogP contribution in [0.25, 0.3) is 16.3 Å². The fourth-order valence-electron chi connectivity index (χ4n) is 4.70. The molecule has 0 aliphatic carbocycles. The molecule has 2 heterocycles. The van der Waals surface area contributed by atoms with Crippen molar-refractivity contribution in [2.45, 2.75) is 12.6 Å². The van der Waals surface area contributed by atoms with Crippen LogP contribution in [0.2, 0.25) is 5.02 Å². The zero-order valence-electron chi connectivity index (χ0n) is 21.6. The number of amides is 1. The number of allylic oxidation sites excluding steroid dienone is 1. The van der Waals surface area contributed by atoms with E-state index in [1.165, 1.54) is 22.3 Å². The van der Waals surface area contributed by atoms with Gasteiger partial charge in [-0.2, -0.15) is 0 Å². The number of hydrogen-bond acceptors (Lipinski definition) is 6. The minimum Gasteiger partial charge on any atom is -0.503 e. The van der Waals surface area contributed by atoms with E-state index < -0.39 is 23.5 Å². The van der Waals surface area contributed by atoms with Gasteiger partial charge < -0.3 is 9.84 Å². The van der Waals surface area contributed by atoms with Crippen LogP contribution in [0.1, 0.15) is 22.7 Å². The normalized spacial score (nSPS) is 15.3. The molecule has 1 amide bonds. The second-order valence-electron chi connectivity index (χ2n) is 9.40. The Balaban J connectivity index is 1.40. The number of benzene rings is 4. The summed E-state index contributed by atoms with van der Waals surface area (Å²) in [6.07, 6.45) is 3.03. The number of aliphatic hydroxyl groups is 1. The van der Waals surface area contributed by atoms with E-state index in [1.807, 2.05) is 66.7 Å². The minimum absolute atomic E-state index is 0.0281. The number of ether oxygens (including phenoxy) is 1. The van der Waals surface area contributed by atoms with Gasteiger partial charge in [-0.05, 0) is 53.1 Å². The molecule has 0 fully saturated rings. The van der Waals surface area contributed by atoms with E-state index in [0.29, 0.717) is 33.6 Å². The number of nitrogens with zero attached hydrogens (tertiary/aromatic N) is 2. The molecule has 202 valence electrons. The third-order valence-corrected chi connectivity index (χ3v) is 7.92. The first kappa shape index (κ1) is 26.5. The summed E-state index contributed by atoms with van der Waals surface area (Å²) in [4.78, 5) is 33.2. The Morgan fingerprint density at radius 1 is 0.976 bits per heavy atom. The van der Waals surface area contributed by atoms with Gasteiger partial charge in [0.25, 0.3) is 5.91 Å². The highest BCUT2D eigenvalue weighted by Gasteiger charge is 2.45. The molecule has 1 unspecified atom stereocenters. The Bertz CT molecular complexity index is 1820. The molecule has 0 spiro atoms. The Labute approximate surface area is 245 Å². The Morgan fingerprint density at radius 3 is 2.51 bits per heavy atom. The molecule has 0 saturated heterocycles. The molecular formula is C33H23ClN2O4S. The highest BCUT2D eigenvalue weighted by atomic mass is 35.5. The molecular weight excluding hydrogens is 556 g/mol. The molecule has 5 aromatic rings. The van der Waals surface area contributed by atoms with E-state index in [9.17, 15) is 14.7 Å². The first-order valence-electron chi connectivity index (χ1n) is 12.8. The van der Waals surface area contributed by atoms with Crippen LogP contribution in [0.3, 0.4) is 0 Å². The lowest BCUT2D eigenvalue weighted by Gasteiger charge is -2.24. The average Bonchev–Trinajstić information content (AvgIpc) is 3.53. The number of ketones is 1. The maximum Gasteiger partial charge on any atom is 0.296 e. The molecule has 0 bridgehead atoms. The SMILES string of the molecule is O=C(C=Cc1ccccc1)C1=C(O)C(=O)N(c2nc3ccc(Cl)cc3s2)C1c1cccc(OCc2ccccc2)c1. The maximum atomic E-state index is 13.6. The van der Waals surface area contributed by atoms with Gasteiger partial charge in [0, 0.05) is 5.02 Å². The summed E-state index contributed by atoms with van der Waals surface area (Å²) >= 11 is 7.45. The fourth-order valence-corrected chi connectivity index (χ4v) is 5.97. The third-order valence-electron chi connectivity index (χ3n) is 6.67. The van der Waals surface area contributed by atoms with E-state index in [-0.39, 0.29) is 5.57 Å². The van der Waals surface area contributed by atoms with Crippen LogP contribution in [0.4, 0.5) is 5.13 Å². The van der Waals surface area contributed by atoms with Crippen LogP contribution in [-0.4, -0.2) is 21.8 Å². The molecule has 6 nitrogen and oxygen atoms in total. The third kappa shape index (κ3) is 5.50. The lowest BCUT2D eigenvalue weighted by molar-refractivity contribution is -0.117. The van der Waals surface area contributed by atoms with Crippen LogP contribution >= 0.6 is 22.9 Å². The number of anilines is 1. The highest BCUT2D eigenvalue weighted by molar-refractivity contribution is 7.22. The number of hydrogen-bond donors (Lipinski definition) is 1. The van der Waals surface area contributed by atoms with Crippen molar-refractivity contribution in [3.8, 4) is 5.75 Å². The molecule has 4 aromatic carbocycles. The topological polar surface area (TPSA) is 79.7 Å². The number of thiazole rings is 1. The van der Waals surface area contributed by atoms with Crippen LogP contribution in [0.15, 0.2) is 121 Å². The molecule has 0 radical (unpaired) electrons. The van der Waals surface area contributed by atoms with E-state index in [1.54, 1.807) is 42.5 Å². The lowest BCUT2D eigenvalue weighted by Crippen LogP contribution is -2.30. The Morgan fingerprint density at radius 2 is 1.73 bits per heavy atom. The monoisotopic (exact) mass is 578 g/mol. The van der Waals surface area contributed by atoms with Gasteiger partial charge in [0.15, 0.2) is 16.7 Å². The van der Waals surface area contributed by atoms with Crippen LogP contribution in [-0.2, 0) is 16.2 Å². The summed E-state index contributed by atoms with van der Waals surface area (Å²) in [5, 5.41) is 12.0. The van der Waals surface area contributed by atoms with Crippen molar-refractivity contribution in [3.63, 3.8) is 0 Å². The Hall–Kier alpha value is -4.72. The summed E-state index contributed by atoms with van der Waals surface area (Å²) in [7, 11) is 0. The zero-order chi connectivity index (χ0) is 28.3. The van der Waals surface area contributed by atoms with Crippen molar-refractivity contribution in [2.24, 2.45) is 0 Å². The molecule has 8 heteroatoms. The molecule has 1 N–H and O–H groups in total. The molecule has 41 heavy (non-hydrogen) atoms. The number of rotatable bonds is 8. The number of aromatic nitrogens is 1. The number of carbonyl (C=O) groups excluding carboxylic acids is 2. The second kappa shape index (κ2) is 11.4. The Kier molecular flexibility index (Phi) is 7.37. The summed E-state index contributed by atoms with van der Waals surface area (Å²) in [6, 6.07) is 30.6. The predicted octanol–water partition coefficient (Wildman–Crippen LogP) is 7.71. The average molecular weight is 579 g/mol. The summed E-state index contributed by atoms with van der Waals surface area (Å²) in [6.45, 7) is 0.350. The molecule has 0 saturated carbocycles. The van der Waals surface area contributed by atoms with Gasteiger partial charge in [0.05, 0.1) is 21.8 Å². The highest BCUT2D eigenvalue weighted by Crippen LogP contribution is 2.44. The van der Waals surface area contributed by atoms with Gasteiger partial charge in [0.1, 0.15) is 12.4 Å². The molecule has 6 rings (SSSR count). The largest absolute Gasteiger partial charge is 0.503 e. The van der Waals surface area contributed by atoms with Crippen molar-refractivity contribution in [1.82, 2.24) is 4.98 Å². The number of carbonyl (C=O) groups is 2. The second-order valence-corrected chi connectivity index (χ2v) is 10.8. The summed E-state index contributed by atoms with van der Waals surface area (Å²) in [5.74, 6) is -1.22. The molecule has 1 aromatic heterocycles. The van der Waals surface area contributed by atoms with Crippen molar-refractivity contribution in [2.75, 3.05) is 4.90 Å². The maximum absolute atomic E-state index is 13.6. The number of aliphatic hydroxyl groups excluding tert-OH is 1. The van der Waals surface area contributed by atoms with Gasteiger partial charge >= 0.3 is 0 Å². The van der Waals surface area contributed by atoms with Crippen molar-refractivity contribution in [1.29, 1.82) is 0 Å². The first-order valence-corrected chi connectivity index (χ1v) is 14.0. The molecule has 1 aliphatic heterocycles. The van der Waals surface area contributed by atoms with E-state index in [2.05, 4.69) is 4.98 Å². The van der Waals surface area contributed by atoms with Crippen LogP contribution in [0, 0.1) is 0 Å². The van der Waals surface area contributed by atoms with Crippen LogP contribution < -0.4 is 9.64 Å². The van der Waals surface area contributed by atoms with Gasteiger partial charge in [-0.15, -0.1) is 0 Å². The first-order chi connectivity index (χ1) is 20.0. The predicted molar refractivity (Wildman–Crippen MR) is 162 cm³/mol. The minimum atomic E-state index is -0.924. The standard InChI is InChI=1S/C33H23ClN2O4S/c34-24-15-16-26-28(19-24)41-33(35-26)36-30(23-12-7-13-25(18-23)40-20-22-10-5-2-6-11-22)29(31(38)32(36)39)27(37)17-14-21-8-3-1-4-9-21/h1-19,30,38H,20H2. The number of halogens is 1. The van der Waals surface area contributed by atoms with Gasteiger partial charge in [-0.3, -0.25) is 14.5 Å². The fraction of sp³-hybridized carbons (Fsp3) is 0.0606. The van der Waals surface area contributed by atoms with Crippen molar-refractivity contribution >= 4 is 56.1 Å². The van der Waals surface area contributed by atoms with E-state index >= 15 is 0 Å². The quantitative estimate of drug-likeness (QED) is 0.191. The number of fused-ring (bicyclic) bond motifs is 1. The van der Waals surface area contributed by atoms with Crippen LogP contribution in [0.5, 0.6) is 5.75 Å². The van der Waals surface area contributed by atoms with Gasteiger partial charge in [-0.1, -0.05) is 102 Å².